The number of carbonyl (C=O) groups excluding carboxylic acids is 1. The summed E-state index contributed by atoms with van der Waals surface area (Å²) in [6, 6.07) is 9.62. The van der Waals surface area contributed by atoms with Crippen molar-refractivity contribution in [3.63, 3.8) is 0 Å². The Balaban J connectivity index is 2.18. The van der Waals surface area contributed by atoms with Gasteiger partial charge in [0.1, 0.15) is 6.61 Å². The van der Waals surface area contributed by atoms with Gasteiger partial charge >= 0.3 is 0 Å². The monoisotopic (exact) mass is 271 g/mol. The predicted octanol–water partition coefficient (Wildman–Crippen LogP) is 1.75. The van der Waals surface area contributed by atoms with Crippen molar-refractivity contribution >= 4 is 17.5 Å². The Bertz CT molecular complexity index is 345. The van der Waals surface area contributed by atoms with Crippen molar-refractivity contribution in [1.82, 2.24) is 5.32 Å². The summed E-state index contributed by atoms with van der Waals surface area (Å²) in [6.45, 7) is 1.31. The van der Waals surface area contributed by atoms with Crippen molar-refractivity contribution in [2.45, 2.75) is 5.38 Å². The zero-order chi connectivity index (χ0) is 13.2. The number of rotatable bonds is 8. The molecule has 0 spiro atoms. The van der Waals surface area contributed by atoms with Gasteiger partial charge in [0, 0.05) is 13.7 Å². The van der Waals surface area contributed by atoms with E-state index in [0.717, 1.165) is 5.56 Å². The molecule has 4 nitrogen and oxygen atoms in total. The molecule has 0 fully saturated rings. The molecule has 0 aromatic heterocycles. The van der Waals surface area contributed by atoms with Crippen LogP contribution in [0.4, 0.5) is 0 Å². The number of halogens is 1. The van der Waals surface area contributed by atoms with Crippen molar-refractivity contribution in [3.05, 3.63) is 35.9 Å². The van der Waals surface area contributed by atoms with E-state index in [-0.39, 0.29) is 17.9 Å². The molecule has 100 valence electrons. The van der Waals surface area contributed by atoms with Gasteiger partial charge in [-0.05, 0) is 5.56 Å². The van der Waals surface area contributed by atoms with Gasteiger partial charge in [-0.1, -0.05) is 30.3 Å². The zero-order valence-corrected chi connectivity index (χ0v) is 11.2. The Kier molecular flexibility index (Phi) is 7.41. The summed E-state index contributed by atoms with van der Waals surface area (Å²) in [5.74, 6) is -0.173. The van der Waals surface area contributed by atoms with Crippen molar-refractivity contribution in [3.8, 4) is 0 Å². The van der Waals surface area contributed by atoms with Gasteiger partial charge in [-0.2, -0.15) is 0 Å². The molecule has 0 aliphatic heterocycles. The molecule has 1 rings (SSSR count). The summed E-state index contributed by atoms with van der Waals surface area (Å²) < 4.78 is 9.90. The molecule has 1 amide bonds. The highest BCUT2D eigenvalue weighted by Gasteiger charge is 2.09. The minimum Gasteiger partial charge on any atom is -0.382 e. The van der Waals surface area contributed by atoms with E-state index in [1.165, 1.54) is 0 Å². The lowest BCUT2D eigenvalue weighted by molar-refractivity contribution is -0.126. The first kappa shape index (κ1) is 15.0. The van der Waals surface area contributed by atoms with Crippen molar-refractivity contribution < 1.29 is 14.3 Å². The molecule has 1 aromatic rings. The first-order chi connectivity index (χ1) is 8.74. The van der Waals surface area contributed by atoms with Gasteiger partial charge < -0.3 is 14.8 Å². The van der Waals surface area contributed by atoms with Crippen LogP contribution in [0.15, 0.2) is 30.3 Å². The summed E-state index contributed by atoms with van der Waals surface area (Å²) in [5, 5.41) is 2.49. The Morgan fingerprint density at radius 3 is 2.72 bits per heavy atom. The van der Waals surface area contributed by atoms with Crippen LogP contribution in [0.2, 0.25) is 0 Å². The summed E-state index contributed by atoms with van der Waals surface area (Å²) >= 11 is 6.16. The molecule has 5 heteroatoms. The lowest BCUT2D eigenvalue weighted by atomic mass is 10.1. The van der Waals surface area contributed by atoms with E-state index in [1.807, 2.05) is 30.3 Å². The maximum Gasteiger partial charge on any atom is 0.246 e. The topological polar surface area (TPSA) is 47.6 Å². The molecule has 0 saturated carbocycles. The van der Waals surface area contributed by atoms with Gasteiger partial charge in [-0.25, -0.2) is 0 Å². The Hall–Kier alpha value is -1.10. The highest BCUT2D eigenvalue weighted by Crippen LogP contribution is 2.18. The molecule has 1 unspecified atom stereocenters. The largest absolute Gasteiger partial charge is 0.382 e. The van der Waals surface area contributed by atoms with E-state index in [4.69, 9.17) is 21.1 Å². The molecule has 0 saturated heterocycles. The molecule has 1 aromatic carbocycles. The third kappa shape index (κ3) is 6.00. The van der Waals surface area contributed by atoms with Crippen LogP contribution in [0.3, 0.4) is 0 Å². The van der Waals surface area contributed by atoms with E-state index in [9.17, 15) is 4.79 Å². The van der Waals surface area contributed by atoms with Gasteiger partial charge in [-0.3, -0.25) is 4.79 Å². The van der Waals surface area contributed by atoms with Gasteiger partial charge in [0.25, 0.3) is 0 Å². The highest BCUT2D eigenvalue weighted by atomic mass is 35.5. The SMILES string of the molecule is COCCOCC(=O)NCC(Cl)c1ccccc1. The highest BCUT2D eigenvalue weighted by molar-refractivity contribution is 6.21. The second-order valence-corrected chi connectivity index (χ2v) is 4.25. The quantitative estimate of drug-likeness (QED) is 0.579. The van der Waals surface area contributed by atoms with Crippen LogP contribution < -0.4 is 5.32 Å². The van der Waals surface area contributed by atoms with Gasteiger partial charge in [0.15, 0.2) is 0 Å². The lowest BCUT2D eigenvalue weighted by Crippen LogP contribution is -2.30. The molecule has 0 aliphatic carbocycles. The average Bonchev–Trinajstić information content (AvgIpc) is 2.42. The van der Waals surface area contributed by atoms with E-state index in [2.05, 4.69) is 5.32 Å². The number of ether oxygens (including phenoxy) is 2. The maximum atomic E-state index is 11.4. The number of hydrogen-bond donors (Lipinski definition) is 1. The second-order valence-electron chi connectivity index (χ2n) is 3.73. The fourth-order valence-corrected chi connectivity index (χ4v) is 1.56. The van der Waals surface area contributed by atoms with Crippen LogP contribution in [-0.4, -0.2) is 39.4 Å². The summed E-state index contributed by atoms with van der Waals surface area (Å²) in [6.07, 6.45) is 0. The number of methoxy groups -OCH3 is 1. The number of amides is 1. The van der Waals surface area contributed by atoms with E-state index >= 15 is 0 Å². The molecule has 0 radical (unpaired) electrons. The number of hydrogen-bond acceptors (Lipinski definition) is 3. The number of benzene rings is 1. The van der Waals surface area contributed by atoms with Crippen LogP contribution in [0, 0.1) is 0 Å². The van der Waals surface area contributed by atoms with E-state index in [0.29, 0.717) is 19.8 Å². The minimum atomic E-state index is -0.228. The first-order valence-electron chi connectivity index (χ1n) is 5.76. The van der Waals surface area contributed by atoms with Gasteiger partial charge in [0.05, 0.1) is 18.6 Å². The smallest absolute Gasteiger partial charge is 0.246 e. The van der Waals surface area contributed by atoms with Crippen molar-refractivity contribution in [2.24, 2.45) is 0 Å². The van der Waals surface area contributed by atoms with Crippen LogP contribution in [0.25, 0.3) is 0 Å². The molecule has 0 bridgehead atoms. The zero-order valence-electron chi connectivity index (χ0n) is 10.4. The summed E-state index contributed by atoms with van der Waals surface area (Å²) in [4.78, 5) is 11.4. The molecule has 1 N–H and O–H groups in total. The average molecular weight is 272 g/mol. The van der Waals surface area contributed by atoms with Crippen LogP contribution >= 0.6 is 11.6 Å². The Labute approximate surface area is 112 Å². The Morgan fingerprint density at radius 2 is 2.06 bits per heavy atom. The molecule has 18 heavy (non-hydrogen) atoms. The number of carbonyl (C=O) groups is 1. The fraction of sp³-hybridized carbons (Fsp3) is 0.462. The minimum absolute atomic E-state index is 0.0295. The number of nitrogens with one attached hydrogen (secondary N) is 1. The fourth-order valence-electron chi connectivity index (χ4n) is 1.34. The predicted molar refractivity (Wildman–Crippen MR) is 70.7 cm³/mol. The van der Waals surface area contributed by atoms with Crippen LogP contribution in [-0.2, 0) is 14.3 Å². The Morgan fingerprint density at radius 1 is 1.33 bits per heavy atom. The van der Waals surface area contributed by atoms with Crippen molar-refractivity contribution in [2.75, 3.05) is 33.5 Å². The van der Waals surface area contributed by atoms with Gasteiger partial charge in [-0.15, -0.1) is 11.6 Å². The van der Waals surface area contributed by atoms with Crippen molar-refractivity contribution in [1.29, 1.82) is 0 Å². The van der Waals surface area contributed by atoms with E-state index in [1.54, 1.807) is 7.11 Å². The second kappa shape index (κ2) is 8.91. The lowest BCUT2D eigenvalue weighted by Gasteiger charge is -2.11. The summed E-state index contributed by atoms with van der Waals surface area (Å²) in [7, 11) is 1.58. The third-order valence-corrected chi connectivity index (χ3v) is 2.71. The third-order valence-electron chi connectivity index (χ3n) is 2.30. The van der Waals surface area contributed by atoms with Crippen LogP contribution in [0.1, 0.15) is 10.9 Å². The molecule has 0 aliphatic rings. The van der Waals surface area contributed by atoms with Crippen LogP contribution in [0.5, 0.6) is 0 Å². The molecular formula is C13H18ClNO3. The summed E-state index contributed by atoms with van der Waals surface area (Å²) in [5.41, 5.74) is 0.986. The first-order valence-corrected chi connectivity index (χ1v) is 6.20. The standard InChI is InChI=1S/C13H18ClNO3/c1-17-7-8-18-10-13(16)15-9-12(14)11-5-3-2-4-6-11/h2-6,12H,7-10H2,1H3,(H,15,16). The molecule has 1 atom stereocenters. The molecule has 0 heterocycles. The normalized spacial score (nSPS) is 12.1. The number of alkyl halides is 1. The molecular weight excluding hydrogens is 254 g/mol. The van der Waals surface area contributed by atoms with E-state index < -0.39 is 0 Å². The maximum absolute atomic E-state index is 11.4. The van der Waals surface area contributed by atoms with Gasteiger partial charge in [0.2, 0.25) is 5.91 Å².